The zero-order chi connectivity index (χ0) is 25.1. The third-order valence-electron chi connectivity index (χ3n) is 5.47. The van der Waals surface area contributed by atoms with Crippen LogP contribution in [0.15, 0.2) is 46.0 Å². The number of ether oxygens (including phenoxy) is 2. The number of rotatable bonds is 7. The summed E-state index contributed by atoms with van der Waals surface area (Å²) in [5.74, 6) is -3.53. The van der Waals surface area contributed by atoms with Crippen LogP contribution in [-0.2, 0) is 19.1 Å². The molecule has 1 fully saturated rings. The van der Waals surface area contributed by atoms with E-state index in [9.17, 15) is 23.5 Å². The fourth-order valence-electron chi connectivity index (χ4n) is 3.87. The third-order valence-corrected chi connectivity index (χ3v) is 6.25. The summed E-state index contributed by atoms with van der Waals surface area (Å²) in [5.41, 5.74) is 0.670. The first kappa shape index (κ1) is 24.9. The highest BCUT2D eigenvalue weighted by molar-refractivity contribution is 7.11. The topological polar surface area (TPSA) is 113 Å². The Kier molecular flexibility index (Phi) is 7.53. The fraction of sp³-hybridized carbons (Fsp3) is 0.391. The van der Waals surface area contributed by atoms with Crippen molar-refractivity contribution in [3.05, 3.63) is 63.3 Å². The molecule has 0 aliphatic carbocycles. The van der Waals surface area contributed by atoms with E-state index in [0.29, 0.717) is 29.7 Å². The Hall–Kier alpha value is -3.22. The molecule has 4 rings (SSSR count). The minimum Gasteiger partial charge on any atom is -0.480 e. The average molecular weight is 507 g/mol. The lowest BCUT2D eigenvalue weighted by molar-refractivity contribution is -0.149. The number of halogens is 2. The van der Waals surface area contributed by atoms with E-state index >= 15 is 0 Å². The summed E-state index contributed by atoms with van der Waals surface area (Å²) in [6.45, 7) is 4.04. The number of hydrogen-bond donors (Lipinski definition) is 2. The maximum atomic E-state index is 14.2. The summed E-state index contributed by atoms with van der Waals surface area (Å²) in [5, 5.41) is 15.1. The average Bonchev–Trinajstić information content (AvgIpc) is 3.35. The van der Waals surface area contributed by atoms with E-state index in [2.05, 4.69) is 15.3 Å². The maximum absolute atomic E-state index is 14.2. The highest BCUT2D eigenvalue weighted by Crippen LogP contribution is 2.34. The predicted molar refractivity (Wildman–Crippen MR) is 123 cm³/mol. The molecular formula is C23H24F2N4O5S. The summed E-state index contributed by atoms with van der Waals surface area (Å²) in [6.07, 6.45) is 1.13. The van der Waals surface area contributed by atoms with Crippen LogP contribution in [0.3, 0.4) is 0 Å². The number of carboxylic acid groups (broad SMARTS) is 1. The lowest BCUT2D eigenvalue weighted by atomic mass is 9.95. The number of nitrogens with one attached hydrogen (secondary N) is 1. The number of carbonyl (C=O) groups excluding carboxylic acids is 1. The fourth-order valence-corrected chi connectivity index (χ4v) is 4.46. The number of carboxylic acids is 1. The highest BCUT2D eigenvalue weighted by atomic mass is 32.1. The van der Waals surface area contributed by atoms with Gasteiger partial charge in [0.1, 0.15) is 12.1 Å². The molecule has 0 spiro atoms. The predicted octanol–water partition coefficient (Wildman–Crippen LogP) is 2.50. The van der Waals surface area contributed by atoms with Crippen LogP contribution in [0.4, 0.5) is 8.78 Å². The van der Waals surface area contributed by atoms with Crippen LogP contribution in [0.1, 0.15) is 30.5 Å². The van der Waals surface area contributed by atoms with Gasteiger partial charge in [-0.3, -0.25) is 14.7 Å². The van der Waals surface area contributed by atoms with Crippen molar-refractivity contribution in [3.63, 3.8) is 0 Å². The monoisotopic (exact) mass is 506 g/mol. The Labute approximate surface area is 204 Å². The van der Waals surface area contributed by atoms with E-state index < -0.39 is 41.8 Å². The van der Waals surface area contributed by atoms with Gasteiger partial charge in [0.25, 0.3) is 0 Å². The van der Waals surface area contributed by atoms with Crippen molar-refractivity contribution in [2.45, 2.75) is 32.0 Å². The first-order valence-corrected chi connectivity index (χ1v) is 11.8. The molecule has 35 heavy (non-hydrogen) atoms. The van der Waals surface area contributed by atoms with E-state index in [1.807, 2.05) is 0 Å². The van der Waals surface area contributed by atoms with Crippen molar-refractivity contribution < 1.29 is 33.0 Å². The van der Waals surface area contributed by atoms with E-state index in [-0.39, 0.29) is 24.3 Å². The molecule has 186 valence electrons. The van der Waals surface area contributed by atoms with E-state index in [1.165, 1.54) is 17.4 Å². The molecule has 12 heteroatoms. The molecule has 2 aliphatic rings. The number of benzene rings is 1. The number of thiazole rings is 1. The Bertz CT molecular complexity index is 1170. The summed E-state index contributed by atoms with van der Waals surface area (Å²) in [4.78, 5) is 35.6. The normalized spacial score (nSPS) is 21.0. The van der Waals surface area contributed by atoms with Gasteiger partial charge in [-0.25, -0.2) is 18.6 Å². The van der Waals surface area contributed by atoms with Crippen molar-refractivity contribution >= 4 is 29.1 Å². The van der Waals surface area contributed by atoms with Crippen LogP contribution in [0.25, 0.3) is 0 Å². The van der Waals surface area contributed by atoms with Crippen molar-refractivity contribution in [2.24, 2.45) is 4.99 Å². The SMILES string of the molecule is CC(C)OC(=O)C1=C(CN2CCOCC2C(=O)O)NC(c2nccs2)=NC1c1ccc(F)c(F)c1. The molecule has 1 aromatic heterocycles. The molecule has 0 bridgehead atoms. The Morgan fingerprint density at radius 3 is 2.80 bits per heavy atom. The standard InChI is InChI=1S/C23H24F2N4O5S/c1-12(2)34-23(32)18-16(10-29-6-7-33-11-17(29)22(30)31)27-20(21-26-5-8-35-21)28-19(18)13-3-4-14(24)15(25)9-13/h3-5,8-9,12,17,19H,6-7,10-11H2,1-2H3,(H,27,28)(H,30,31). The summed E-state index contributed by atoms with van der Waals surface area (Å²) >= 11 is 1.30. The van der Waals surface area contributed by atoms with Crippen molar-refractivity contribution in [3.8, 4) is 0 Å². The van der Waals surface area contributed by atoms with Crippen molar-refractivity contribution in [1.29, 1.82) is 0 Å². The van der Waals surface area contributed by atoms with Gasteiger partial charge in [-0.2, -0.15) is 0 Å². The van der Waals surface area contributed by atoms with Crippen LogP contribution >= 0.6 is 11.3 Å². The van der Waals surface area contributed by atoms with Crippen LogP contribution in [-0.4, -0.2) is 71.2 Å². The largest absolute Gasteiger partial charge is 0.480 e. The summed E-state index contributed by atoms with van der Waals surface area (Å²) in [6, 6.07) is 1.36. The van der Waals surface area contributed by atoms with Crippen molar-refractivity contribution in [2.75, 3.05) is 26.3 Å². The number of nitrogens with zero attached hydrogens (tertiary/aromatic N) is 3. The maximum Gasteiger partial charge on any atom is 0.338 e. The molecule has 2 N–H and O–H groups in total. The van der Waals surface area contributed by atoms with E-state index in [0.717, 1.165) is 12.1 Å². The van der Waals surface area contributed by atoms with Crippen molar-refractivity contribution in [1.82, 2.24) is 15.2 Å². The Balaban J connectivity index is 1.83. The zero-order valence-corrected chi connectivity index (χ0v) is 19.8. The van der Waals surface area contributed by atoms with E-state index in [4.69, 9.17) is 9.47 Å². The van der Waals surface area contributed by atoms with Gasteiger partial charge in [-0.05, 0) is 31.5 Å². The van der Waals surface area contributed by atoms with Gasteiger partial charge in [0.15, 0.2) is 22.5 Å². The quantitative estimate of drug-likeness (QED) is 0.551. The minimum atomic E-state index is -1.08. The lowest BCUT2D eigenvalue weighted by Crippen LogP contribution is -2.52. The van der Waals surface area contributed by atoms with Gasteiger partial charge in [0.2, 0.25) is 0 Å². The number of morpholine rings is 1. The number of hydrogen-bond acceptors (Lipinski definition) is 9. The molecular weight excluding hydrogens is 482 g/mol. The van der Waals surface area contributed by atoms with Crippen LogP contribution in [0.2, 0.25) is 0 Å². The molecule has 1 saturated heterocycles. The summed E-state index contributed by atoms with van der Waals surface area (Å²) < 4.78 is 38.7. The second-order valence-electron chi connectivity index (χ2n) is 8.26. The van der Waals surface area contributed by atoms with Crippen LogP contribution in [0.5, 0.6) is 0 Å². The Morgan fingerprint density at radius 2 is 2.14 bits per heavy atom. The first-order chi connectivity index (χ1) is 16.7. The molecule has 1 aromatic carbocycles. The number of aliphatic imine (C=N–C) groups is 1. The summed E-state index contributed by atoms with van der Waals surface area (Å²) in [7, 11) is 0. The molecule has 2 atom stereocenters. The van der Waals surface area contributed by atoms with E-state index in [1.54, 1.807) is 30.3 Å². The molecule has 2 unspecified atom stereocenters. The van der Waals surface area contributed by atoms with Crippen LogP contribution in [0, 0.1) is 11.6 Å². The van der Waals surface area contributed by atoms with Gasteiger partial charge in [-0.15, -0.1) is 11.3 Å². The molecule has 2 aromatic rings. The molecule has 9 nitrogen and oxygen atoms in total. The lowest BCUT2D eigenvalue weighted by Gasteiger charge is -2.35. The minimum absolute atomic E-state index is 0.00554. The number of aromatic nitrogens is 1. The smallest absolute Gasteiger partial charge is 0.338 e. The van der Waals surface area contributed by atoms with Gasteiger partial charge in [-0.1, -0.05) is 6.07 Å². The molecule has 0 radical (unpaired) electrons. The number of amidine groups is 1. The second-order valence-corrected chi connectivity index (χ2v) is 9.16. The van der Waals surface area contributed by atoms with Gasteiger partial charge in [0.05, 0.1) is 24.9 Å². The Morgan fingerprint density at radius 1 is 1.34 bits per heavy atom. The molecule has 3 heterocycles. The number of carbonyl (C=O) groups is 2. The molecule has 2 aliphatic heterocycles. The first-order valence-electron chi connectivity index (χ1n) is 10.9. The molecule has 0 saturated carbocycles. The van der Waals surface area contributed by atoms with Gasteiger partial charge >= 0.3 is 11.9 Å². The van der Waals surface area contributed by atoms with Gasteiger partial charge < -0.3 is 19.9 Å². The number of esters is 1. The molecule has 0 amide bonds. The number of aliphatic carboxylic acids is 1. The van der Waals surface area contributed by atoms with Crippen LogP contribution < -0.4 is 5.32 Å². The second kappa shape index (κ2) is 10.6. The zero-order valence-electron chi connectivity index (χ0n) is 19.0. The third kappa shape index (κ3) is 5.55. The highest BCUT2D eigenvalue weighted by Gasteiger charge is 2.37. The van der Waals surface area contributed by atoms with Gasteiger partial charge in [0, 0.05) is 30.4 Å².